The minimum Gasteiger partial charge on any atom is -0.467 e. The zero-order chi connectivity index (χ0) is 9.10. The largest absolute Gasteiger partial charge is 0.467 e. The maximum Gasteiger partial charge on any atom is 0.132 e. The number of piperidine rings is 1. The van der Waals surface area contributed by atoms with Crippen LogP contribution in [0.15, 0.2) is 16.7 Å². The van der Waals surface area contributed by atoms with E-state index in [1.54, 1.807) is 6.26 Å². The highest BCUT2D eigenvalue weighted by Gasteiger charge is 2.19. The molecule has 2 heterocycles. The van der Waals surface area contributed by atoms with E-state index in [1.165, 1.54) is 5.56 Å². The van der Waals surface area contributed by atoms with Crippen LogP contribution in [0.2, 0.25) is 0 Å². The highest BCUT2D eigenvalue weighted by Crippen LogP contribution is 2.28. The fourth-order valence-corrected chi connectivity index (χ4v) is 1.98. The zero-order valence-electron chi connectivity index (χ0n) is 7.62. The van der Waals surface area contributed by atoms with Crippen molar-refractivity contribution in [1.82, 2.24) is 5.32 Å². The molecule has 1 fully saturated rings. The highest BCUT2D eigenvalue weighted by atomic mass is 16.4. The Kier molecular flexibility index (Phi) is 2.66. The van der Waals surface area contributed by atoms with Gasteiger partial charge >= 0.3 is 0 Å². The summed E-state index contributed by atoms with van der Waals surface area (Å²) in [5.74, 6) is 1.31. The molecule has 0 radical (unpaired) electrons. The van der Waals surface area contributed by atoms with Crippen molar-refractivity contribution in [2.75, 3.05) is 13.1 Å². The molecule has 1 aromatic rings. The van der Waals surface area contributed by atoms with Gasteiger partial charge in [-0.05, 0) is 43.5 Å². The summed E-state index contributed by atoms with van der Waals surface area (Å²) >= 11 is 0. The molecule has 72 valence electrons. The minimum atomic E-state index is 0.0201. The quantitative estimate of drug-likeness (QED) is 0.721. The molecule has 0 aromatic carbocycles. The monoisotopic (exact) mass is 181 g/mol. The number of furan rings is 1. The van der Waals surface area contributed by atoms with Gasteiger partial charge in [0.1, 0.15) is 12.4 Å². The Labute approximate surface area is 77.8 Å². The number of aliphatic hydroxyl groups is 1. The van der Waals surface area contributed by atoms with Crippen molar-refractivity contribution in [2.45, 2.75) is 25.4 Å². The molecule has 0 bridgehead atoms. The van der Waals surface area contributed by atoms with E-state index in [4.69, 9.17) is 9.52 Å². The second kappa shape index (κ2) is 3.94. The first-order valence-electron chi connectivity index (χ1n) is 4.79. The van der Waals surface area contributed by atoms with Crippen molar-refractivity contribution < 1.29 is 9.52 Å². The fraction of sp³-hybridized carbons (Fsp3) is 0.600. The Balaban J connectivity index is 2.13. The summed E-state index contributed by atoms with van der Waals surface area (Å²) in [4.78, 5) is 0. The third kappa shape index (κ3) is 1.76. The predicted octanol–water partition coefficient (Wildman–Crippen LogP) is 1.24. The average Bonchev–Trinajstić information content (AvgIpc) is 2.67. The normalized spacial score (nSPS) is 19.2. The van der Waals surface area contributed by atoms with Crippen molar-refractivity contribution in [3.63, 3.8) is 0 Å². The van der Waals surface area contributed by atoms with Crippen LogP contribution in [-0.2, 0) is 6.61 Å². The molecule has 1 aliphatic heterocycles. The van der Waals surface area contributed by atoms with E-state index in [9.17, 15) is 0 Å². The third-order valence-corrected chi connectivity index (χ3v) is 2.70. The maximum absolute atomic E-state index is 9.03. The molecule has 0 unspecified atom stereocenters. The Hall–Kier alpha value is -0.800. The van der Waals surface area contributed by atoms with Crippen molar-refractivity contribution in [3.8, 4) is 0 Å². The van der Waals surface area contributed by atoms with E-state index in [0.717, 1.165) is 31.7 Å². The standard InChI is InChI=1S/C10H15NO2/c12-7-10-9(3-6-13-10)8-1-4-11-5-2-8/h3,6,8,11-12H,1-2,4-5,7H2. The first kappa shape index (κ1) is 8.78. The molecule has 0 atom stereocenters. The lowest BCUT2D eigenvalue weighted by Crippen LogP contribution is -2.26. The van der Waals surface area contributed by atoms with Crippen molar-refractivity contribution in [1.29, 1.82) is 0 Å². The summed E-state index contributed by atoms with van der Waals surface area (Å²) in [6.45, 7) is 2.16. The highest BCUT2D eigenvalue weighted by molar-refractivity contribution is 5.22. The molecule has 2 rings (SSSR count). The summed E-state index contributed by atoms with van der Waals surface area (Å²) in [5, 5.41) is 12.3. The van der Waals surface area contributed by atoms with Crippen LogP contribution in [0.4, 0.5) is 0 Å². The summed E-state index contributed by atoms with van der Waals surface area (Å²) in [7, 11) is 0. The molecular formula is C10H15NO2. The fourth-order valence-electron chi connectivity index (χ4n) is 1.98. The van der Waals surface area contributed by atoms with Crippen LogP contribution >= 0.6 is 0 Å². The molecule has 1 aliphatic rings. The van der Waals surface area contributed by atoms with Gasteiger partial charge in [0.25, 0.3) is 0 Å². The van der Waals surface area contributed by atoms with E-state index in [0.29, 0.717) is 5.92 Å². The average molecular weight is 181 g/mol. The second-order valence-corrected chi connectivity index (χ2v) is 3.48. The molecule has 0 amide bonds. The minimum absolute atomic E-state index is 0.0201. The first-order valence-corrected chi connectivity index (χ1v) is 4.79. The summed E-state index contributed by atoms with van der Waals surface area (Å²) < 4.78 is 5.20. The Morgan fingerprint density at radius 3 is 2.92 bits per heavy atom. The van der Waals surface area contributed by atoms with Crippen molar-refractivity contribution in [2.24, 2.45) is 0 Å². The van der Waals surface area contributed by atoms with Gasteiger partial charge in [-0.25, -0.2) is 0 Å². The van der Waals surface area contributed by atoms with Crippen LogP contribution in [0.1, 0.15) is 30.1 Å². The lowest BCUT2D eigenvalue weighted by molar-refractivity contribution is 0.243. The third-order valence-electron chi connectivity index (χ3n) is 2.70. The summed E-state index contributed by atoms with van der Waals surface area (Å²) in [5.41, 5.74) is 1.20. The van der Waals surface area contributed by atoms with E-state index in [1.807, 2.05) is 6.07 Å². The van der Waals surface area contributed by atoms with Crippen LogP contribution in [0.3, 0.4) is 0 Å². The molecule has 1 saturated heterocycles. The van der Waals surface area contributed by atoms with Gasteiger partial charge in [0, 0.05) is 0 Å². The topological polar surface area (TPSA) is 45.4 Å². The van der Waals surface area contributed by atoms with Crippen molar-refractivity contribution >= 4 is 0 Å². The molecule has 0 aliphatic carbocycles. The SMILES string of the molecule is OCc1occc1C1CCNCC1. The van der Waals surface area contributed by atoms with Gasteiger partial charge < -0.3 is 14.8 Å². The lowest BCUT2D eigenvalue weighted by atomic mass is 9.90. The summed E-state index contributed by atoms with van der Waals surface area (Å²) in [6, 6.07) is 1.99. The molecule has 3 nitrogen and oxygen atoms in total. The number of hydrogen-bond acceptors (Lipinski definition) is 3. The molecule has 13 heavy (non-hydrogen) atoms. The van der Waals surface area contributed by atoms with Crippen LogP contribution < -0.4 is 5.32 Å². The van der Waals surface area contributed by atoms with Gasteiger partial charge in [0.15, 0.2) is 0 Å². The number of nitrogens with one attached hydrogen (secondary N) is 1. The second-order valence-electron chi connectivity index (χ2n) is 3.48. The molecule has 0 saturated carbocycles. The van der Waals surface area contributed by atoms with Crippen LogP contribution in [0, 0.1) is 0 Å². The van der Waals surface area contributed by atoms with Gasteiger partial charge in [-0.15, -0.1) is 0 Å². The number of rotatable bonds is 2. The molecular weight excluding hydrogens is 166 g/mol. The van der Waals surface area contributed by atoms with Crippen molar-refractivity contribution in [3.05, 3.63) is 23.7 Å². The van der Waals surface area contributed by atoms with Crippen LogP contribution in [0.25, 0.3) is 0 Å². The van der Waals surface area contributed by atoms with E-state index in [-0.39, 0.29) is 6.61 Å². The maximum atomic E-state index is 9.03. The van der Waals surface area contributed by atoms with Crippen LogP contribution in [0.5, 0.6) is 0 Å². The van der Waals surface area contributed by atoms with E-state index < -0.39 is 0 Å². The Morgan fingerprint density at radius 1 is 1.46 bits per heavy atom. The molecule has 3 heteroatoms. The number of aliphatic hydroxyl groups excluding tert-OH is 1. The van der Waals surface area contributed by atoms with Gasteiger partial charge in [-0.3, -0.25) is 0 Å². The lowest BCUT2D eigenvalue weighted by Gasteiger charge is -2.22. The Morgan fingerprint density at radius 2 is 2.23 bits per heavy atom. The molecule has 1 aromatic heterocycles. The predicted molar refractivity (Wildman–Crippen MR) is 49.5 cm³/mol. The first-order chi connectivity index (χ1) is 6.42. The van der Waals surface area contributed by atoms with Gasteiger partial charge in [0.2, 0.25) is 0 Å². The van der Waals surface area contributed by atoms with Gasteiger partial charge in [0.05, 0.1) is 6.26 Å². The number of hydrogen-bond donors (Lipinski definition) is 2. The molecule has 2 N–H and O–H groups in total. The van der Waals surface area contributed by atoms with Gasteiger partial charge in [-0.2, -0.15) is 0 Å². The van der Waals surface area contributed by atoms with E-state index in [2.05, 4.69) is 5.32 Å². The van der Waals surface area contributed by atoms with Crippen LogP contribution in [-0.4, -0.2) is 18.2 Å². The summed E-state index contributed by atoms with van der Waals surface area (Å²) in [6.07, 6.45) is 3.96. The molecule has 0 spiro atoms. The zero-order valence-corrected chi connectivity index (χ0v) is 7.62. The Bertz CT molecular complexity index is 264. The van der Waals surface area contributed by atoms with E-state index >= 15 is 0 Å². The van der Waals surface area contributed by atoms with Gasteiger partial charge in [-0.1, -0.05) is 0 Å². The smallest absolute Gasteiger partial charge is 0.132 e.